The molecule has 0 bridgehead atoms. The molecule has 1 aliphatic rings. The molecule has 134 valence electrons. The summed E-state index contributed by atoms with van der Waals surface area (Å²) in [6.45, 7) is 3.94. The number of thiophene rings is 1. The van der Waals surface area contributed by atoms with Gasteiger partial charge in [-0.3, -0.25) is 4.79 Å². The first-order valence-electron chi connectivity index (χ1n) is 9.30. The van der Waals surface area contributed by atoms with Crippen molar-refractivity contribution in [3.63, 3.8) is 0 Å². The van der Waals surface area contributed by atoms with E-state index in [0.29, 0.717) is 25.7 Å². The fourth-order valence-electron chi connectivity index (χ4n) is 3.43. The van der Waals surface area contributed by atoms with Gasteiger partial charge in [-0.15, -0.1) is 11.3 Å². The highest BCUT2D eigenvalue weighted by Gasteiger charge is 2.19. The molecular weight excluding hydrogens is 328 g/mol. The van der Waals surface area contributed by atoms with E-state index >= 15 is 0 Å². The molecule has 0 spiro atoms. The van der Waals surface area contributed by atoms with Gasteiger partial charge in [0, 0.05) is 17.5 Å². The van der Waals surface area contributed by atoms with Gasteiger partial charge in [0.2, 0.25) is 5.91 Å². The van der Waals surface area contributed by atoms with E-state index in [-0.39, 0.29) is 5.91 Å². The van der Waals surface area contributed by atoms with E-state index in [0.717, 1.165) is 0 Å². The molecule has 3 rings (SSSR count). The first kappa shape index (κ1) is 18.2. The van der Waals surface area contributed by atoms with Crippen molar-refractivity contribution in [2.45, 2.75) is 58.2 Å². The van der Waals surface area contributed by atoms with Crippen LogP contribution in [0, 0.1) is 6.92 Å². The fourth-order valence-corrected chi connectivity index (χ4v) is 4.35. The topological polar surface area (TPSA) is 32.3 Å². The van der Waals surface area contributed by atoms with Crippen LogP contribution in [0.1, 0.15) is 48.1 Å². The number of carbonyl (C=O) groups is 1. The monoisotopic (exact) mass is 356 g/mol. The second kappa shape index (κ2) is 9.16. The molecule has 0 atom stereocenters. The Hall–Kier alpha value is -1.65. The number of nitrogens with one attached hydrogen (secondary N) is 1. The van der Waals surface area contributed by atoms with Crippen LogP contribution < -0.4 is 5.32 Å². The van der Waals surface area contributed by atoms with Crippen molar-refractivity contribution in [2.24, 2.45) is 0 Å². The molecule has 3 nitrogen and oxygen atoms in total. The minimum absolute atomic E-state index is 0.197. The molecule has 4 heteroatoms. The van der Waals surface area contributed by atoms with Crippen LogP contribution in [0.4, 0.5) is 0 Å². The van der Waals surface area contributed by atoms with Gasteiger partial charge in [-0.05, 0) is 42.3 Å². The van der Waals surface area contributed by atoms with Crippen LogP contribution in [-0.2, 0) is 17.9 Å². The highest BCUT2D eigenvalue weighted by Crippen LogP contribution is 2.20. The number of hydrogen-bond acceptors (Lipinski definition) is 3. The number of carbonyl (C=O) groups excluding carboxylic acids is 1. The van der Waals surface area contributed by atoms with Crippen molar-refractivity contribution >= 4 is 17.2 Å². The molecule has 1 saturated carbocycles. The maximum atomic E-state index is 12.9. The van der Waals surface area contributed by atoms with Crippen LogP contribution in [0.25, 0.3) is 0 Å². The molecule has 0 aliphatic heterocycles. The van der Waals surface area contributed by atoms with Crippen LogP contribution in [0.5, 0.6) is 0 Å². The Morgan fingerprint density at radius 2 is 1.88 bits per heavy atom. The maximum absolute atomic E-state index is 12.9. The zero-order valence-corrected chi connectivity index (χ0v) is 15.9. The van der Waals surface area contributed by atoms with Crippen LogP contribution in [0.15, 0.2) is 41.8 Å². The van der Waals surface area contributed by atoms with Gasteiger partial charge in [0.25, 0.3) is 0 Å². The summed E-state index contributed by atoms with van der Waals surface area (Å²) in [5.41, 5.74) is 2.46. The van der Waals surface area contributed by atoms with E-state index in [1.165, 1.54) is 48.1 Å². The molecule has 1 aliphatic carbocycles. The average molecular weight is 357 g/mol. The standard InChI is InChI=1S/C21H28N2OS/c1-17-12-13-25-20(17)16-23(15-18-8-4-2-5-9-18)21(24)14-22-19-10-6-3-7-11-19/h2,4-5,8-9,12-13,19,22H,3,6-7,10-11,14-16H2,1H3. The summed E-state index contributed by atoms with van der Waals surface area (Å²) >= 11 is 1.74. The lowest BCUT2D eigenvalue weighted by molar-refractivity contribution is -0.131. The van der Waals surface area contributed by atoms with Crippen molar-refractivity contribution in [3.05, 3.63) is 57.8 Å². The lowest BCUT2D eigenvalue weighted by Crippen LogP contribution is -2.41. The smallest absolute Gasteiger partial charge is 0.237 e. The SMILES string of the molecule is Cc1ccsc1CN(Cc1ccccc1)C(=O)CNC1CCCCC1. The highest BCUT2D eigenvalue weighted by atomic mass is 32.1. The molecule has 1 aromatic heterocycles. The molecule has 1 fully saturated rings. The van der Waals surface area contributed by atoms with Crippen molar-refractivity contribution < 1.29 is 4.79 Å². The Labute approximate surface area is 155 Å². The van der Waals surface area contributed by atoms with E-state index in [1.54, 1.807) is 11.3 Å². The van der Waals surface area contributed by atoms with Crippen molar-refractivity contribution in [2.75, 3.05) is 6.54 Å². The lowest BCUT2D eigenvalue weighted by atomic mass is 9.95. The number of rotatable bonds is 7. The van der Waals surface area contributed by atoms with Gasteiger partial charge in [-0.2, -0.15) is 0 Å². The Balaban J connectivity index is 1.63. The van der Waals surface area contributed by atoms with Crippen molar-refractivity contribution in [1.29, 1.82) is 0 Å². The number of nitrogens with zero attached hydrogens (tertiary/aromatic N) is 1. The predicted molar refractivity (Wildman–Crippen MR) is 105 cm³/mol. The minimum atomic E-state index is 0.197. The van der Waals surface area contributed by atoms with E-state index in [1.807, 2.05) is 23.1 Å². The third-order valence-corrected chi connectivity index (χ3v) is 6.03. The first-order chi connectivity index (χ1) is 12.2. The second-order valence-corrected chi connectivity index (χ2v) is 7.98. The predicted octanol–water partition coefficient (Wildman–Crippen LogP) is 4.51. The minimum Gasteiger partial charge on any atom is -0.332 e. The summed E-state index contributed by atoms with van der Waals surface area (Å²) in [6, 6.07) is 12.9. The average Bonchev–Trinajstić information content (AvgIpc) is 3.05. The number of aryl methyl sites for hydroxylation is 1. The molecule has 1 amide bonds. The summed E-state index contributed by atoms with van der Waals surface area (Å²) in [4.78, 5) is 16.2. The van der Waals surface area contributed by atoms with E-state index in [4.69, 9.17) is 0 Å². The quantitative estimate of drug-likeness (QED) is 0.792. The number of hydrogen-bond donors (Lipinski definition) is 1. The zero-order valence-electron chi connectivity index (χ0n) is 15.0. The van der Waals surface area contributed by atoms with Gasteiger partial charge in [0.1, 0.15) is 0 Å². The Bertz CT molecular complexity index is 662. The molecule has 1 aromatic carbocycles. The van der Waals surface area contributed by atoms with Crippen LogP contribution in [0.3, 0.4) is 0 Å². The fraction of sp³-hybridized carbons (Fsp3) is 0.476. The van der Waals surface area contributed by atoms with Gasteiger partial charge in [0.05, 0.1) is 13.1 Å². The summed E-state index contributed by atoms with van der Waals surface area (Å²) in [5.74, 6) is 0.197. The molecular formula is C21H28N2OS. The zero-order chi connectivity index (χ0) is 17.5. The van der Waals surface area contributed by atoms with Crippen LogP contribution in [-0.4, -0.2) is 23.4 Å². The Morgan fingerprint density at radius 1 is 1.12 bits per heavy atom. The first-order valence-corrected chi connectivity index (χ1v) is 10.2. The van der Waals surface area contributed by atoms with Crippen molar-refractivity contribution in [3.8, 4) is 0 Å². The van der Waals surface area contributed by atoms with Crippen LogP contribution >= 0.6 is 11.3 Å². The van der Waals surface area contributed by atoms with Gasteiger partial charge >= 0.3 is 0 Å². The van der Waals surface area contributed by atoms with Gasteiger partial charge < -0.3 is 10.2 Å². The normalized spacial score (nSPS) is 15.2. The van der Waals surface area contributed by atoms with E-state index < -0.39 is 0 Å². The summed E-state index contributed by atoms with van der Waals surface area (Å²) < 4.78 is 0. The second-order valence-electron chi connectivity index (χ2n) is 6.98. The molecule has 2 aromatic rings. The van der Waals surface area contributed by atoms with Crippen LogP contribution in [0.2, 0.25) is 0 Å². The van der Waals surface area contributed by atoms with E-state index in [9.17, 15) is 4.79 Å². The van der Waals surface area contributed by atoms with Gasteiger partial charge in [-0.25, -0.2) is 0 Å². The lowest BCUT2D eigenvalue weighted by Gasteiger charge is -2.26. The highest BCUT2D eigenvalue weighted by molar-refractivity contribution is 7.10. The third-order valence-electron chi connectivity index (χ3n) is 5.02. The summed E-state index contributed by atoms with van der Waals surface area (Å²) in [6.07, 6.45) is 6.32. The third kappa shape index (κ3) is 5.41. The number of benzene rings is 1. The summed E-state index contributed by atoms with van der Waals surface area (Å²) in [7, 11) is 0. The largest absolute Gasteiger partial charge is 0.332 e. The van der Waals surface area contributed by atoms with Crippen molar-refractivity contribution in [1.82, 2.24) is 10.2 Å². The summed E-state index contributed by atoms with van der Waals surface area (Å²) in [5, 5.41) is 5.60. The molecule has 25 heavy (non-hydrogen) atoms. The number of amides is 1. The van der Waals surface area contributed by atoms with Gasteiger partial charge in [-0.1, -0.05) is 49.6 Å². The van der Waals surface area contributed by atoms with Gasteiger partial charge in [0.15, 0.2) is 0 Å². The molecule has 0 saturated heterocycles. The Morgan fingerprint density at radius 3 is 2.56 bits per heavy atom. The maximum Gasteiger partial charge on any atom is 0.237 e. The van der Waals surface area contributed by atoms with E-state index in [2.05, 4.69) is 35.8 Å². The molecule has 0 unspecified atom stereocenters. The molecule has 1 N–H and O–H groups in total. The molecule has 0 radical (unpaired) electrons. The Kier molecular flexibility index (Phi) is 6.65. The molecule has 1 heterocycles.